The molecule has 0 atom stereocenters. The number of ether oxygens (including phenoxy) is 1. The fourth-order valence-electron chi connectivity index (χ4n) is 1.04. The van der Waals surface area contributed by atoms with Crippen molar-refractivity contribution in [1.82, 2.24) is 0 Å². The van der Waals surface area contributed by atoms with Crippen LogP contribution in [0.5, 0.6) is 5.75 Å². The van der Waals surface area contributed by atoms with E-state index in [4.69, 9.17) is 16.3 Å². The van der Waals surface area contributed by atoms with E-state index in [2.05, 4.69) is 0 Å². The molecule has 1 aromatic carbocycles. The maximum absolute atomic E-state index is 10.7. The number of carbonyl (C=O) groups excluding carboxylic acids is 1. The monoisotopic (exact) mass is 210 g/mol. The fourth-order valence-corrected chi connectivity index (χ4v) is 1.22. The summed E-state index contributed by atoms with van der Waals surface area (Å²) in [5, 5.41) is 0.619. The molecular weight excluding hydrogens is 200 g/mol. The van der Waals surface area contributed by atoms with Crippen LogP contribution in [0.3, 0.4) is 0 Å². The van der Waals surface area contributed by atoms with Gasteiger partial charge in [-0.1, -0.05) is 11.6 Å². The summed E-state index contributed by atoms with van der Waals surface area (Å²) < 4.78 is 5.11. The Hall–Kier alpha value is -1.28. The molecule has 1 aromatic rings. The van der Waals surface area contributed by atoms with E-state index in [0.717, 1.165) is 5.56 Å². The summed E-state index contributed by atoms with van der Waals surface area (Å²) in [7, 11) is 1.58. The molecule has 0 saturated heterocycles. The highest BCUT2D eigenvalue weighted by molar-refractivity contribution is 6.30. The van der Waals surface area contributed by atoms with E-state index >= 15 is 0 Å². The summed E-state index contributed by atoms with van der Waals surface area (Å²) in [5.41, 5.74) is 0.801. The third-order valence-corrected chi connectivity index (χ3v) is 1.92. The third-order valence-electron chi connectivity index (χ3n) is 1.69. The van der Waals surface area contributed by atoms with E-state index in [1.807, 2.05) is 0 Å². The Morgan fingerprint density at radius 2 is 2.21 bits per heavy atom. The van der Waals surface area contributed by atoms with Crippen molar-refractivity contribution >= 4 is 23.5 Å². The average Bonchev–Trinajstić information content (AvgIpc) is 2.15. The molecule has 0 heterocycles. The largest absolute Gasteiger partial charge is 0.496 e. The van der Waals surface area contributed by atoms with Gasteiger partial charge in [0.25, 0.3) is 0 Å². The first-order valence-corrected chi connectivity index (χ1v) is 4.53. The van der Waals surface area contributed by atoms with Gasteiger partial charge in [-0.3, -0.25) is 4.79 Å². The Morgan fingerprint density at radius 3 is 2.79 bits per heavy atom. The molecule has 0 aromatic heterocycles. The second-order valence-electron chi connectivity index (χ2n) is 2.83. The molecule has 0 fully saturated rings. The van der Waals surface area contributed by atoms with Crippen LogP contribution in [0.2, 0.25) is 5.02 Å². The summed E-state index contributed by atoms with van der Waals surface area (Å²) in [6.07, 6.45) is 3.17. The van der Waals surface area contributed by atoms with E-state index in [0.29, 0.717) is 10.8 Å². The molecule has 0 aliphatic carbocycles. The average molecular weight is 211 g/mol. The third kappa shape index (κ3) is 2.89. The van der Waals surface area contributed by atoms with Gasteiger partial charge in [-0.25, -0.2) is 0 Å². The Balaban J connectivity index is 3.04. The van der Waals surface area contributed by atoms with Crippen molar-refractivity contribution in [3.8, 4) is 5.75 Å². The Morgan fingerprint density at radius 1 is 1.50 bits per heavy atom. The lowest BCUT2D eigenvalue weighted by Gasteiger charge is -2.04. The summed E-state index contributed by atoms with van der Waals surface area (Å²) in [6, 6.07) is 5.26. The smallest absolute Gasteiger partial charge is 0.152 e. The SMILES string of the molecule is COc1ccc(Cl)cc1/C=C/C(C)=O. The molecule has 0 saturated carbocycles. The molecule has 1 rings (SSSR count). The molecule has 0 N–H and O–H groups in total. The van der Waals surface area contributed by atoms with Gasteiger partial charge in [0.05, 0.1) is 7.11 Å². The lowest BCUT2D eigenvalue weighted by atomic mass is 10.2. The van der Waals surface area contributed by atoms with Gasteiger partial charge in [0.2, 0.25) is 0 Å². The number of allylic oxidation sites excluding steroid dienone is 1. The van der Waals surface area contributed by atoms with Gasteiger partial charge >= 0.3 is 0 Å². The van der Waals surface area contributed by atoms with E-state index in [-0.39, 0.29) is 5.78 Å². The van der Waals surface area contributed by atoms with Crippen molar-refractivity contribution in [3.05, 3.63) is 34.9 Å². The van der Waals surface area contributed by atoms with Crippen LogP contribution in [0.25, 0.3) is 6.08 Å². The molecular formula is C11H11ClO2. The minimum atomic E-state index is -0.00738. The zero-order valence-electron chi connectivity index (χ0n) is 8.08. The van der Waals surface area contributed by atoms with Crippen LogP contribution in [-0.2, 0) is 4.79 Å². The fraction of sp³-hybridized carbons (Fsp3) is 0.182. The highest BCUT2D eigenvalue weighted by atomic mass is 35.5. The maximum atomic E-state index is 10.7. The molecule has 74 valence electrons. The predicted molar refractivity (Wildman–Crippen MR) is 57.7 cm³/mol. The van der Waals surface area contributed by atoms with Gasteiger partial charge in [-0.2, -0.15) is 0 Å². The van der Waals surface area contributed by atoms with Gasteiger partial charge in [0.15, 0.2) is 5.78 Å². The lowest BCUT2D eigenvalue weighted by Crippen LogP contribution is -1.87. The highest BCUT2D eigenvalue weighted by Crippen LogP contribution is 2.23. The summed E-state index contributed by atoms with van der Waals surface area (Å²) >= 11 is 5.81. The molecule has 0 amide bonds. The minimum Gasteiger partial charge on any atom is -0.496 e. The van der Waals surface area contributed by atoms with E-state index in [9.17, 15) is 4.79 Å². The van der Waals surface area contributed by atoms with Crippen LogP contribution in [0, 0.1) is 0 Å². The topological polar surface area (TPSA) is 26.3 Å². The highest BCUT2D eigenvalue weighted by Gasteiger charge is 1.99. The quantitative estimate of drug-likeness (QED) is 0.717. The minimum absolute atomic E-state index is 0.00738. The van der Waals surface area contributed by atoms with Gasteiger partial charge < -0.3 is 4.74 Å². The second-order valence-corrected chi connectivity index (χ2v) is 3.27. The van der Waals surface area contributed by atoms with Crippen molar-refractivity contribution in [2.45, 2.75) is 6.92 Å². The number of rotatable bonds is 3. The Labute approximate surface area is 88.1 Å². The maximum Gasteiger partial charge on any atom is 0.152 e. The lowest BCUT2D eigenvalue weighted by molar-refractivity contribution is -0.112. The van der Waals surface area contributed by atoms with Gasteiger partial charge in [0, 0.05) is 10.6 Å². The van der Waals surface area contributed by atoms with Crippen LogP contribution >= 0.6 is 11.6 Å². The molecule has 0 unspecified atom stereocenters. The number of carbonyl (C=O) groups is 1. The van der Waals surface area contributed by atoms with Gasteiger partial charge in [-0.15, -0.1) is 0 Å². The molecule has 2 nitrogen and oxygen atoms in total. The number of methoxy groups -OCH3 is 1. The Kier molecular flexibility index (Phi) is 3.72. The zero-order valence-corrected chi connectivity index (χ0v) is 8.84. The molecule has 0 radical (unpaired) electrons. The van der Waals surface area contributed by atoms with Crippen LogP contribution in [0.1, 0.15) is 12.5 Å². The van der Waals surface area contributed by atoms with Crippen LogP contribution in [0.4, 0.5) is 0 Å². The van der Waals surface area contributed by atoms with Crippen molar-refractivity contribution < 1.29 is 9.53 Å². The number of benzene rings is 1. The molecule has 0 spiro atoms. The summed E-state index contributed by atoms with van der Waals surface area (Å²) in [4.78, 5) is 10.7. The predicted octanol–water partition coefficient (Wildman–Crippen LogP) is 2.95. The first-order valence-electron chi connectivity index (χ1n) is 4.15. The normalized spacial score (nSPS) is 10.5. The van der Waals surface area contributed by atoms with Crippen molar-refractivity contribution in [1.29, 1.82) is 0 Å². The standard InChI is InChI=1S/C11H11ClO2/c1-8(13)3-4-9-7-10(12)5-6-11(9)14-2/h3-7H,1-2H3/b4-3+. The number of hydrogen-bond donors (Lipinski definition) is 0. The van der Waals surface area contributed by atoms with E-state index < -0.39 is 0 Å². The van der Waals surface area contributed by atoms with Crippen LogP contribution in [0.15, 0.2) is 24.3 Å². The molecule has 0 aliphatic heterocycles. The first kappa shape index (κ1) is 10.8. The first-order chi connectivity index (χ1) is 6.63. The molecule has 14 heavy (non-hydrogen) atoms. The number of halogens is 1. The van der Waals surface area contributed by atoms with Gasteiger partial charge in [-0.05, 0) is 37.3 Å². The summed E-state index contributed by atoms with van der Waals surface area (Å²) in [6.45, 7) is 1.49. The van der Waals surface area contributed by atoms with Crippen molar-refractivity contribution in [2.24, 2.45) is 0 Å². The molecule has 0 bridgehead atoms. The number of hydrogen-bond acceptors (Lipinski definition) is 2. The summed E-state index contributed by atoms with van der Waals surface area (Å²) in [5.74, 6) is 0.693. The van der Waals surface area contributed by atoms with E-state index in [1.54, 1.807) is 31.4 Å². The van der Waals surface area contributed by atoms with Crippen LogP contribution in [-0.4, -0.2) is 12.9 Å². The van der Waals surface area contributed by atoms with Crippen molar-refractivity contribution in [2.75, 3.05) is 7.11 Å². The van der Waals surface area contributed by atoms with Gasteiger partial charge in [0.1, 0.15) is 5.75 Å². The van der Waals surface area contributed by atoms with E-state index in [1.165, 1.54) is 13.0 Å². The zero-order chi connectivity index (χ0) is 10.6. The van der Waals surface area contributed by atoms with Crippen molar-refractivity contribution in [3.63, 3.8) is 0 Å². The second kappa shape index (κ2) is 4.82. The molecule has 3 heteroatoms. The Bertz CT molecular complexity index is 370. The number of ketones is 1. The van der Waals surface area contributed by atoms with Crippen LogP contribution < -0.4 is 4.74 Å². The molecule has 0 aliphatic rings.